The lowest BCUT2D eigenvalue weighted by Crippen LogP contribution is -2.54. The molecule has 308 valence electrons. The summed E-state index contributed by atoms with van der Waals surface area (Å²) in [5.74, 6) is -0.950. The minimum absolute atomic E-state index is 0.0390. The molecule has 1 fully saturated rings. The number of unbranched alkanes of at least 4 members (excludes halogenated alkanes) is 7. The predicted molar refractivity (Wildman–Crippen MR) is 224 cm³/mol. The molecule has 5 amide bonds. The summed E-state index contributed by atoms with van der Waals surface area (Å²) in [7, 11) is 0. The molecule has 1 unspecified atom stereocenters. The minimum Gasteiger partial charge on any atom is -0.356 e. The Balaban J connectivity index is 0.811. The van der Waals surface area contributed by atoms with Crippen LogP contribution >= 0.6 is 22.9 Å². The molecule has 1 saturated heterocycles. The van der Waals surface area contributed by atoms with E-state index in [2.05, 4.69) is 39.2 Å². The second-order valence-electron chi connectivity index (χ2n) is 15.5. The zero-order chi connectivity index (χ0) is 41.8. The molecule has 5 heterocycles. The van der Waals surface area contributed by atoms with Crippen molar-refractivity contribution >= 4 is 64.0 Å². The smallest absolute Gasteiger partial charge is 0.262 e. The molecule has 59 heavy (non-hydrogen) atoms. The van der Waals surface area contributed by atoms with Gasteiger partial charge in [0.1, 0.15) is 28.7 Å². The number of aromatic nitrogens is 3. The monoisotopic (exact) mass is 837 g/mol. The summed E-state index contributed by atoms with van der Waals surface area (Å²) in [5.41, 5.74) is 4.72. The van der Waals surface area contributed by atoms with Gasteiger partial charge in [-0.2, -0.15) is 0 Å². The van der Waals surface area contributed by atoms with Crippen LogP contribution in [0.15, 0.2) is 47.5 Å². The molecule has 2 aromatic carbocycles. The number of amides is 5. The Morgan fingerprint density at radius 2 is 1.59 bits per heavy atom. The van der Waals surface area contributed by atoms with Gasteiger partial charge in [0.2, 0.25) is 17.7 Å². The standard InChI is InChI=1S/C44H48ClN7O6S/c1-25-26(2)59-44-37(25)39(28-16-18-30(45)19-17-28)47-33(40-50-49-27(3)51(40)44)24-31(53)14-10-8-6-4-5-7-9-11-22-46-36(55)23-29-13-12-15-32-38(29)43(58)52(42(32)57)34-20-21-35(54)48-41(34)56/h12-13,15-19,33-34H,4-11,14,20-24H2,1-3H3,(H,46,55)(H,48,54,56)/t33-,34?/m0/s1. The molecule has 0 saturated carbocycles. The van der Waals surface area contributed by atoms with E-state index in [0.29, 0.717) is 29.4 Å². The van der Waals surface area contributed by atoms with Gasteiger partial charge in [0.15, 0.2) is 5.82 Å². The predicted octanol–water partition coefficient (Wildman–Crippen LogP) is 7.03. The first-order chi connectivity index (χ1) is 28.4. The number of hydrogen-bond acceptors (Lipinski definition) is 10. The second kappa shape index (κ2) is 18.3. The van der Waals surface area contributed by atoms with Crippen LogP contribution in [0.1, 0.15) is 143 Å². The van der Waals surface area contributed by atoms with Crippen LogP contribution in [-0.2, 0) is 25.6 Å². The highest BCUT2D eigenvalue weighted by Gasteiger charge is 2.45. The topological polar surface area (TPSA) is 173 Å². The molecule has 3 aliphatic rings. The van der Waals surface area contributed by atoms with Crippen LogP contribution in [0.25, 0.3) is 5.00 Å². The first kappa shape index (κ1) is 41.8. The number of hydrogen-bond donors (Lipinski definition) is 2. The fraction of sp³-hybridized carbons (Fsp3) is 0.432. The fourth-order valence-electron chi connectivity index (χ4n) is 8.15. The maximum atomic E-state index is 13.4. The molecule has 0 aliphatic carbocycles. The minimum atomic E-state index is -1.06. The van der Waals surface area contributed by atoms with Gasteiger partial charge in [-0.05, 0) is 69.4 Å². The third kappa shape index (κ3) is 8.98. The van der Waals surface area contributed by atoms with Gasteiger partial charge in [0, 0.05) is 46.8 Å². The zero-order valence-electron chi connectivity index (χ0n) is 33.6. The maximum Gasteiger partial charge on any atom is 0.262 e. The molecule has 2 aromatic heterocycles. The normalized spacial score (nSPS) is 17.3. The Bertz CT molecular complexity index is 2350. The molecule has 3 aliphatic heterocycles. The number of halogens is 1. The first-order valence-corrected chi connectivity index (χ1v) is 21.6. The van der Waals surface area contributed by atoms with E-state index < -0.39 is 35.7 Å². The van der Waals surface area contributed by atoms with Crippen molar-refractivity contribution in [2.75, 3.05) is 6.54 Å². The van der Waals surface area contributed by atoms with Crippen molar-refractivity contribution < 1.29 is 28.8 Å². The number of benzene rings is 2. The Morgan fingerprint density at radius 1 is 0.881 bits per heavy atom. The number of nitrogens with one attached hydrogen (secondary N) is 2. The summed E-state index contributed by atoms with van der Waals surface area (Å²) in [6.45, 7) is 6.66. The van der Waals surface area contributed by atoms with Crippen molar-refractivity contribution in [3.05, 3.63) is 97.4 Å². The lowest BCUT2D eigenvalue weighted by molar-refractivity contribution is -0.136. The van der Waals surface area contributed by atoms with Crippen molar-refractivity contribution in [1.82, 2.24) is 30.3 Å². The number of thiophene rings is 1. The molecule has 7 rings (SSSR count). The second-order valence-corrected chi connectivity index (χ2v) is 17.2. The zero-order valence-corrected chi connectivity index (χ0v) is 35.1. The third-order valence-electron chi connectivity index (χ3n) is 11.4. The largest absolute Gasteiger partial charge is 0.356 e. The van der Waals surface area contributed by atoms with Crippen molar-refractivity contribution in [3.63, 3.8) is 0 Å². The number of Topliss-reactive ketones (excluding diaryl/α,β-unsaturated/α-hetero) is 1. The van der Waals surface area contributed by atoms with Crippen LogP contribution in [0.3, 0.4) is 0 Å². The van der Waals surface area contributed by atoms with Crippen LogP contribution in [-0.4, -0.2) is 73.3 Å². The number of ketones is 1. The van der Waals surface area contributed by atoms with E-state index >= 15 is 0 Å². The van der Waals surface area contributed by atoms with E-state index in [1.165, 1.54) is 10.9 Å². The van der Waals surface area contributed by atoms with Crippen molar-refractivity contribution in [2.24, 2.45) is 4.99 Å². The summed E-state index contributed by atoms with van der Waals surface area (Å²) < 4.78 is 2.07. The Morgan fingerprint density at radius 3 is 2.32 bits per heavy atom. The number of piperidine rings is 1. The lowest BCUT2D eigenvalue weighted by atomic mass is 9.99. The number of carbonyl (C=O) groups excluding carboxylic acids is 6. The summed E-state index contributed by atoms with van der Waals surface area (Å²) in [5, 5.41) is 15.7. The highest BCUT2D eigenvalue weighted by Crippen LogP contribution is 2.40. The van der Waals surface area contributed by atoms with Crippen LogP contribution in [0.2, 0.25) is 5.02 Å². The van der Waals surface area contributed by atoms with E-state index in [9.17, 15) is 28.8 Å². The van der Waals surface area contributed by atoms with Gasteiger partial charge in [-0.1, -0.05) is 74.4 Å². The molecule has 2 atom stereocenters. The Labute approximate surface area is 352 Å². The summed E-state index contributed by atoms with van der Waals surface area (Å²) in [6.07, 6.45) is 8.58. The third-order valence-corrected chi connectivity index (χ3v) is 12.8. The summed E-state index contributed by atoms with van der Waals surface area (Å²) >= 11 is 7.92. The number of nitrogens with zero attached hydrogens (tertiary/aromatic N) is 5. The van der Waals surface area contributed by atoms with Crippen molar-refractivity contribution in [2.45, 2.75) is 116 Å². The van der Waals surface area contributed by atoms with Crippen LogP contribution in [0.5, 0.6) is 0 Å². The highest BCUT2D eigenvalue weighted by atomic mass is 35.5. The molecular weight excluding hydrogens is 790 g/mol. The van der Waals surface area contributed by atoms with Gasteiger partial charge < -0.3 is 5.32 Å². The van der Waals surface area contributed by atoms with Crippen LogP contribution < -0.4 is 10.6 Å². The Kier molecular flexibility index (Phi) is 13.0. The summed E-state index contributed by atoms with van der Waals surface area (Å²) in [6, 6.07) is 11.0. The van der Waals surface area contributed by atoms with E-state index in [-0.39, 0.29) is 48.5 Å². The molecule has 0 radical (unpaired) electrons. The number of aliphatic imine (C=N–C) groups is 1. The van der Waals surface area contributed by atoms with Crippen molar-refractivity contribution in [3.8, 4) is 5.00 Å². The molecule has 4 aromatic rings. The summed E-state index contributed by atoms with van der Waals surface area (Å²) in [4.78, 5) is 83.9. The fourth-order valence-corrected chi connectivity index (χ4v) is 9.49. The average molecular weight is 838 g/mol. The van der Waals surface area contributed by atoms with Gasteiger partial charge in [-0.15, -0.1) is 21.5 Å². The number of carbonyl (C=O) groups is 6. The maximum absolute atomic E-state index is 13.4. The van der Waals surface area contributed by atoms with Gasteiger partial charge in [0.25, 0.3) is 11.8 Å². The van der Waals surface area contributed by atoms with Gasteiger partial charge in [-0.25, -0.2) is 0 Å². The van der Waals surface area contributed by atoms with E-state index in [1.807, 2.05) is 31.2 Å². The van der Waals surface area contributed by atoms with Crippen LogP contribution in [0.4, 0.5) is 0 Å². The average Bonchev–Trinajstić information content (AvgIpc) is 3.78. The molecule has 0 bridgehead atoms. The van der Waals surface area contributed by atoms with Gasteiger partial charge in [-0.3, -0.25) is 48.5 Å². The Hall–Kier alpha value is -5.34. The molecule has 2 N–H and O–H groups in total. The molecule has 0 spiro atoms. The van der Waals surface area contributed by atoms with E-state index in [4.69, 9.17) is 16.6 Å². The number of imide groups is 2. The number of fused-ring (bicyclic) bond motifs is 4. The quantitative estimate of drug-likeness (QED) is 0.0843. The first-order valence-electron chi connectivity index (χ1n) is 20.4. The van der Waals surface area contributed by atoms with Gasteiger partial charge >= 0.3 is 0 Å². The van der Waals surface area contributed by atoms with Gasteiger partial charge in [0.05, 0.1) is 23.3 Å². The lowest BCUT2D eigenvalue weighted by Gasteiger charge is -2.27. The number of rotatable bonds is 17. The SMILES string of the molecule is Cc1sc2c(c1C)C(c1ccc(Cl)cc1)=N[C@@H](CC(=O)CCCCCCCCCCNC(=O)Cc1cccc3c1C(=O)N(C1CCC(=O)NC1=O)C3=O)c1nnc(C)n1-2. The number of aryl methyl sites for hydroxylation is 2. The van der Waals surface area contributed by atoms with Crippen LogP contribution in [0, 0.1) is 20.8 Å². The molecular formula is C44H48ClN7O6S. The van der Waals surface area contributed by atoms with E-state index in [0.717, 1.165) is 89.5 Å². The molecule has 13 nitrogen and oxygen atoms in total. The molecule has 15 heteroatoms. The van der Waals surface area contributed by atoms with Crippen molar-refractivity contribution in [1.29, 1.82) is 0 Å². The highest BCUT2D eigenvalue weighted by molar-refractivity contribution is 7.15. The van der Waals surface area contributed by atoms with E-state index in [1.54, 1.807) is 23.5 Å².